The molecule has 0 amide bonds. The van der Waals surface area contributed by atoms with Gasteiger partial charge in [-0.2, -0.15) is 13.7 Å². The molecule has 524 valence electrons. The van der Waals surface area contributed by atoms with Gasteiger partial charge in [-0.15, -0.1) is 0 Å². The second kappa shape index (κ2) is 39.7. The summed E-state index contributed by atoms with van der Waals surface area (Å²) >= 11 is 5.45. The fraction of sp³-hybridized carbons (Fsp3) is 0.239. The number of carbonyl (C=O) groups is 1. The largest absolute Gasteiger partial charge is 0.459 e. The summed E-state index contributed by atoms with van der Waals surface area (Å²) in [6.45, 7) is 10.0. The molecule has 0 spiro atoms. The van der Waals surface area contributed by atoms with Crippen LogP contribution in [0.5, 0.6) is 0 Å². The molecule has 7 aromatic carbocycles. The van der Waals surface area contributed by atoms with Gasteiger partial charge in [-0.25, -0.2) is 0 Å². The van der Waals surface area contributed by atoms with Crippen LogP contribution in [0.25, 0.3) is 50.9 Å². The van der Waals surface area contributed by atoms with Crippen molar-refractivity contribution in [2.24, 2.45) is 0 Å². The van der Waals surface area contributed by atoms with Crippen LogP contribution in [0.15, 0.2) is 315 Å². The van der Waals surface area contributed by atoms with E-state index in [1.807, 2.05) is 41.9 Å². The normalized spacial score (nSPS) is 14.6. The number of hydrogen-bond acceptors (Lipinski definition) is 8. The molecule has 0 atom stereocenters. The Morgan fingerprint density at radius 2 is 0.738 bits per heavy atom. The van der Waals surface area contributed by atoms with Crippen LogP contribution in [0.2, 0.25) is 0 Å². The van der Waals surface area contributed by atoms with E-state index in [1.165, 1.54) is 169 Å². The van der Waals surface area contributed by atoms with Gasteiger partial charge in [-0.1, -0.05) is 277 Å². The molecule has 10 aromatic rings. The number of anilines is 3. The Bertz CT molecular complexity index is 4760. The summed E-state index contributed by atoms with van der Waals surface area (Å²) in [6, 6.07) is 68.8. The van der Waals surface area contributed by atoms with E-state index in [9.17, 15) is 4.79 Å². The third kappa shape index (κ3) is 21.0. The van der Waals surface area contributed by atoms with Gasteiger partial charge in [-0.3, -0.25) is 4.79 Å². The molecule has 103 heavy (non-hydrogen) atoms. The standard InChI is InChI=1S/C36H39N2S.C30H35N2S.C26H25N2O2S/c1-2-3-4-5-6-17-27-37-28-26-31(32-21-13-14-22-33(32)37)20-11-8-12-25-36-38(29-30-18-9-7-10-19-30)34-23-15-16-24-35(34)39-36;1-3-4-5-6-7-15-23-32-24-22-25(26-17-11-12-18-27(26)32)16-9-8-10-21-30-31(2)28-19-13-14-20-29(28)33-30;1-20(29)30-19-18-28-17-16-21(22-11-6-7-12-23(22)28)10-4-3-5-15-26-27(2)24-13-8-9-14-25(24)31-26/h7-16,18-26,28H,2-6,17,27,29H2,1H3;8-14,16-22,24H,3-7,15,23H2,1-2H3;3-17H,18-19H2,1-2H3/q3*+1. The van der Waals surface area contributed by atoms with Crippen LogP contribution < -0.4 is 28.4 Å². The predicted molar refractivity (Wildman–Crippen MR) is 441 cm³/mol. The highest BCUT2D eigenvalue weighted by atomic mass is 32.2. The molecule has 0 N–H and O–H groups in total. The Hall–Kier alpha value is -9.65. The highest BCUT2D eigenvalue weighted by Gasteiger charge is 2.25. The highest BCUT2D eigenvalue weighted by Crippen LogP contribution is 2.48. The lowest BCUT2D eigenvalue weighted by molar-refractivity contribution is -0.672. The van der Waals surface area contributed by atoms with Crippen LogP contribution in [0.4, 0.5) is 17.1 Å². The number of carbonyl (C=O) groups excluding carboxylic acids is 1. The van der Waals surface area contributed by atoms with Gasteiger partial charge < -0.3 is 19.4 Å². The topological polar surface area (TPSA) is 47.7 Å². The lowest BCUT2D eigenvalue weighted by atomic mass is 10.1. The minimum Gasteiger partial charge on any atom is -0.459 e. The molecule has 0 saturated heterocycles. The van der Waals surface area contributed by atoms with Crippen molar-refractivity contribution in [1.29, 1.82) is 0 Å². The first-order chi connectivity index (χ1) is 50.7. The van der Waals surface area contributed by atoms with Gasteiger partial charge in [0.25, 0.3) is 0 Å². The number of aryl methyl sites for hydroxylation is 2. The van der Waals surface area contributed by atoms with Crippen molar-refractivity contribution in [3.8, 4) is 0 Å². The van der Waals surface area contributed by atoms with E-state index in [4.69, 9.17) is 4.74 Å². The molecule has 0 aliphatic carbocycles. The van der Waals surface area contributed by atoms with Crippen molar-refractivity contribution in [2.45, 2.75) is 139 Å². The van der Waals surface area contributed by atoms with Crippen LogP contribution in [0, 0.1) is 0 Å². The Morgan fingerprint density at radius 1 is 0.379 bits per heavy atom. The summed E-state index contributed by atoms with van der Waals surface area (Å²) in [5.41, 5.74) is 12.6. The Morgan fingerprint density at radius 3 is 1.17 bits per heavy atom. The van der Waals surface area contributed by atoms with E-state index >= 15 is 0 Å². The summed E-state index contributed by atoms with van der Waals surface area (Å²) in [5.74, 6) is -0.253. The molecule has 0 radical (unpaired) electrons. The fourth-order valence-electron chi connectivity index (χ4n) is 13.1. The molecule has 13 rings (SSSR count). The second-order valence-electron chi connectivity index (χ2n) is 26.0. The number of unbranched alkanes of at least 4 members (excludes halogenated alkanes) is 10. The molecular weight excluding hydrogens is 1320 g/mol. The summed E-state index contributed by atoms with van der Waals surface area (Å²) in [5, 5.41) is 7.51. The fourth-order valence-corrected chi connectivity index (χ4v) is 16.3. The number of hydrogen-bond donors (Lipinski definition) is 0. The molecule has 3 aromatic heterocycles. The number of fused-ring (bicyclic) bond motifs is 6. The van der Waals surface area contributed by atoms with Gasteiger partial charge in [0.1, 0.15) is 13.1 Å². The van der Waals surface area contributed by atoms with Crippen molar-refractivity contribution in [3.05, 3.63) is 323 Å². The van der Waals surface area contributed by atoms with Gasteiger partial charge in [0.05, 0.1) is 48.3 Å². The quantitative estimate of drug-likeness (QED) is 0.0208. The van der Waals surface area contributed by atoms with Crippen molar-refractivity contribution in [2.75, 3.05) is 35.4 Å². The maximum Gasteiger partial charge on any atom is 0.302 e. The predicted octanol–water partition coefficient (Wildman–Crippen LogP) is 23.2. The molecule has 3 aliphatic heterocycles. The summed E-state index contributed by atoms with van der Waals surface area (Å²) < 4.78 is 12.0. The first-order valence-corrected chi connectivity index (χ1v) is 39.3. The maximum absolute atomic E-state index is 11.0. The number of para-hydroxylation sites is 6. The molecule has 6 heterocycles. The minimum atomic E-state index is -0.253. The number of nitrogens with zero attached hydrogens (tertiary/aromatic N) is 6. The van der Waals surface area contributed by atoms with Gasteiger partial charge in [-0.05, 0) is 108 Å². The van der Waals surface area contributed by atoms with E-state index in [2.05, 4.69) is 342 Å². The number of aromatic nitrogens is 3. The summed E-state index contributed by atoms with van der Waals surface area (Å²) in [7, 11) is 4.23. The zero-order chi connectivity index (χ0) is 71.2. The Balaban J connectivity index is 0.000000156. The van der Waals surface area contributed by atoms with Gasteiger partial charge in [0.15, 0.2) is 31.7 Å². The number of esters is 1. The number of benzene rings is 7. The summed E-state index contributed by atoms with van der Waals surface area (Å²) in [6.07, 6.45) is 54.6. The van der Waals surface area contributed by atoms with Crippen LogP contribution in [-0.2, 0) is 35.7 Å². The molecule has 8 nitrogen and oxygen atoms in total. The molecular formula is C92H99N6O2S3+3. The zero-order valence-corrected chi connectivity index (χ0v) is 63.1. The number of pyridine rings is 3. The maximum atomic E-state index is 11.0. The average Bonchev–Trinajstić information content (AvgIpc) is 1.68. The van der Waals surface area contributed by atoms with Crippen LogP contribution in [0.3, 0.4) is 0 Å². The minimum absolute atomic E-state index is 0.253. The van der Waals surface area contributed by atoms with Gasteiger partial charge >= 0.3 is 5.97 Å². The number of thioether (sulfide) groups is 3. The van der Waals surface area contributed by atoms with E-state index in [1.54, 1.807) is 11.8 Å². The van der Waals surface area contributed by atoms with E-state index in [-0.39, 0.29) is 5.97 Å². The molecule has 0 unspecified atom stereocenters. The average molecular weight is 1420 g/mol. The number of ether oxygens (including phenoxy) is 1. The SMILES string of the molecule is CC(=O)OCC[n+]1ccc(C=CC=CC=C2Sc3ccccc3N2C)c2ccccc21.CCCCCCCC[n+]1ccc(C=CC=CC=C2Sc3ccccc3N2C)c2ccccc21.CCCCCCCC[n+]1ccc(C=CC=CC=C2Sc3ccccc3N2Cc2ccccc2)c2ccccc21. The summed E-state index contributed by atoms with van der Waals surface area (Å²) in [4.78, 5) is 21.8. The number of rotatable bonds is 28. The highest BCUT2D eigenvalue weighted by molar-refractivity contribution is 8.04. The molecule has 0 saturated carbocycles. The van der Waals surface area contributed by atoms with Crippen molar-refractivity contribution in [1.82, 2.24) is 0 Å². The number of allylic oxidation sites excluding steroid dienone is 12. The lowest BCUT2D eigenvalue weighted by Gasteiger charge is -2.20. The van der Waals surface area contributed by atoms with Crippen LogP contribution in [-0.4, -0.2) is 26.7 Å². The smallest absolute Gasteiger partial charge is 0.302 e. The molecule has 11 heteroatoms. The third-order valence-corrected chi connectivity index (χ3v) is 22.1. The van der Waals surface area contributed by atoms with E-state index in [0.717, 1.165) is 36.1 Å². The second-order valence-corrected chi connectivity index (χ2v) is 29.2. The van der Waals surface area contributed by atoms with Crippen molar-refractivity contribution >= 4 is 109 Å². The first kappa shape index (κ1) is 74.5. The lowest BCUT2D eigenvalue weighted by Crippen LogP contribution is -2.36. The van der Waals surface area contributed by atoms with Crippen LogP contribution >= 0.6 is 35.3 Å². The van der Waals surface area contributed by atoms with Crippen molar-refractivity contribution < 1.29 is 23.2 Å². The molecule has 3 aliphatic rings. The van der Waals surface area contributed by atoms with E-state index < -0.39 is 0 Å². The monoisotopic (exact) mass is 1420 g/mol. The molecule has 0 fully saturated rings. The van der Waals surface area contributed by atoms with Gasteiger partial charge in [0.2, 0.25) is 16.6 Å². The Labute approximate surface area is 625 Å². The van der Waals surface area contributed by atoms with Crippen molar-refractivity contribution in [3.63, 3.8) is 0 Å². The zero-order valence-electron chi connectivity index (χ0n) is 60.6. The van der Waals surface area contributed by atoms with Crippen LogP contribution in [0.1, 0.15) is 120 Å². The third-order valence-electron chi connectivity index (χ3n) is 18.6. The Kier molecular flexibility index (Phi) is 28.7. The van der Waals surface area contributed by atoms with Gasteiger partial charge in [0, 0.05) is 91.5 Å². The first-order valence-electron chi connectivity index (χ1n) is 36.9. The van der Waals surface area contributed by atoms with E-state index in [0.29, 0.717) is 13.2 Å². The molecule has 0 bridgehead atoms.